The third kappa shape index (κ3) is 7.00. The number of aryl methyl sites for hydroxylation is 2. The van der Waals surface area contributed by atoms with Crippen molar-refractivity contribution in [2.24, 2.45) is 0 Å². The summed E-state index contributed by atoms with van der Waals surface area (Å²) in [6, 6.07) is 8.36. The van der Waals surface area contributed by atoms with Crippen LogP contribution in [0, 0.1) is 13.8 Å². The van der Waals surface area contributed by atoms with Crippen LogP contribution in [0.3, 0.4) is 0 Å². The number of benzene rings is 1. The minimum atomic E-state index is -2.51. The molecule has 0 fully saturated rings. The molecule has 0 radical (unpaired) electrons. The van der Waals surface area contributed by atoms with Gasteiger partial charge in [0.25, 0.3) is 0 Å². The third-order valence-electron chi connectivity index (χ3n) is 2.71. The maximum absolute atomic E-state index is 5.44. The average molecular weight is 296 g/mol. The van der Waals surface area contributed by atoms with Gasteiger partial charge in [-0.15, -0.1) is 0 Å². The van der Waals surface area contributed by atoms with E-state index < -0.39 is 8.80 Å². The van der Waals surface area contributed by atoms with Gasteiger partial charge < -0.3 is 13.3 Å². The van der Waals surface area contributed by atoms with Crippen molar-refractivity contribution in [3.8, 4) is 0 Å². The predicted molar refractivity (Wildman–Crippen MR) is 86.7 cm³/mol. The number of hydrogen-bond acceptors (Lipinski definition) is 3. The number of rotatable bonds is 7. The molecule has 1 rings (SSSR count). The fourth-order valence-electron chi connectivity index (χ4n) is 1.57. The van der Waals surface area contributed by atoms with Crippen LogP contribution < -0.4 is 0 Å². The van der Waals surface area contributed by atoms with Gasteiger partial charge in [0.15, 0.2) is 0 Å². The zero-order valence-electron chi connectivity index (χ0n) is 13.4. The lowest BCUT2D eigenvalue weighted by molar-refractivity contribution is 0.0844. The summed E-state index contributed by atoms with van der Waals surface area (Å²) >= 11 is 0. The van der Waals surface area contributed by atoms with Gasteiger partial charge in [-0.05, 0) is 51.4 Å². The standard InChI is InChI=1S/C8H18O3Si.C8H10/c1-5-9-12(8-4,10-6-2)11-7-3;1-7-5-3-4-6-8(7)2/h8H,4-7H2,1-3H3;3-6H,1-2H3. The summed E-state index contributed by atoms with van der Waals surface area (Å²) in [4.78, 5) is 0. The highest BCUT2D eigenvalue weighted by Gasteiger charge is 2.36. The van der Waals surface area contributed by atoms with Gasteiger partial charge in [-0.1, -0.05) is 30.8 Å². The maximum Gasteiger partial charge on any atom is 0.528 e. The molecule has 0 aliphatic carbocycles. The average Bonchev–Trinajstić information content (AvgIpc) is 2.44. The van der Waals surface area contributed by atoms with Crippen LogP contribution >= 0.6 is 0 Å². The third-order valence-corrected chi connectivity index (χ3v) is 5.29. The molecule has 0 spiro atoms. The van der Waals surface area contributed by atoms with Crippen molar-refractivity contribution >= 4 is 8.80 Å². The van der Waals surface area contributed by atoms with Gasteiger partial charge in [-0.25, -0.2) is 0 Å². The van der Waals surface area contributed by atoms with Crippen LogP contribution in [0.25, 0.3) is 0 Å². The molecular formula is C16H28O3Si. The molecule has 0 bridgehead atoms. The van der Waals surface area contributed by atoms with Crippen molar-refractivity contribution in [3.63, 3.8) is 0 Å². The van der Waals surface area contributed by atoms with E-state index in [9.17, 15) is 0 Å². The lowest BCUT2D eigenvalue weighted by atomic mass is 10.1. The molecular weight excluding hydrogens is 268 g/mol. The van der Waals surface area contributed by atoms with Crippen molar-refractivity contribution in [2.45, 2.75) is 34.6 Å². The normalized spacial score (nSPS) is 10.7. The van der Waals surface area contributed by atoms with E-state index >= 15 is 0 Å². The van der Waals surface area contributed by atoms with Crippen molar-refractivity contribution in [2.75, 3.05) is 19.8 Å². The van der Waals surface area contributed by atoms with Crippen LogP contribution in [0.1, 0.15) is 31.9 Å². The second-order valence-corrected chi connectivity index (χ2v) is 6.67. The molecule has 1 aromatic carbocycles. The van der Waals surface area contributed by atoms with Crippen molar-refractivity contribution in [3.05, 3.63) is 47.7 Å². The molecule has 0 aromatic heterocycles. The highest BCUT2D eigenvalue weighted by Crippen LogP contribution is 2.10. The zero-order chi connectivity index (χ0) is 15.4. The summed E-state index contributed by atoms with van der Waals surface area (Å²) in [5, 5.41) is 0. The molecule has 3 nitrogen and oxygen atoms in total. The Balaban J connectivity index is 0.000000388. The summed E-state index contributed by atoms with van der Waals surface area (Å²) in [6.07, 6.45) is 0. The van der Waals surface area contributed by atoms with Gasteiger partial charge >= 0.3 is 8.80 Å². The van der Waals surface area contributed by atoms with E-state index in [1.54, 1.807) is 5.70 Å². The van der Waals surface area contributed by atoms with E-state index in [1.165, 1.54) is 11.1 Å². The predicted octanol–water partition coefficient (Wildman–Crippen LogP) is 4.06. The first-order valence-corrected chi connectivity index (χ1v) is 8.93. The molecule has 0 unspecified atom stereocenters. The zero-order valence-corrected chi connectivity index (χ0v) is 14.4. The number of hydrogen-bond donors (Lipinski definition) is 0. The Hall–Kier alpha value is -0.943. The largest absolute Gasteiger partial charge is 0.528 e. The summed E-state index contributed by atoms with van der Waals surface area (Å²) in [5.74, 6) is 0. The van der Waals surface area contributed by atoms with Gasteiger partial charge in [-0.2, -0.15) is 0 Å². The van der Waals surface area contributed by atoms with Crippen molar-refractivity contribution in [1.82, 2.24) is 0 Å². The van der Waals surface area contributed by atoms with Gasteiger partial charge in [0.2, 0.25) is 0 Å². The molecule has 0 saturated heterocycles. The maximum atomic E-state index is 5.44. The topological polar surface area (TPSA) is 27.7 Å². The van der Waals surface area contributed by atoms with Crippen molar-refractivity contribution in [1.29, 1.82) is 0 Å². The van der Waals surface area contributed by atoms with Gasteiger partial charge in [0, 0.05) is 19.8 Å². The first-order valence-electron chi connectivity index (χ1n) is 7.12. The fraction of sp³-hybridized carbons (Fsp3) is 0.500. The SMILES string of the molecule is C=C[Si](OCC)(OCC)OCC.Cc1ccccc1C. The molecule has 0 saturated carbocycles. The van der Waals surface area contributed by atoms with Crippen LogP contribution in [0.2, 0.25) is 0 Å². The Morgan fingerprint density at radius 2 is 1.25 bits per heavy atom. The Morgan fingerprint density at radius 3 is 1.45 bits per heavy atom. The minimum Gasteiger partial charge on any atom is -0.371 e. The highest BCUT2D eigenvalue weighted by molar-refractivity contribution is 6.66. The summed E-state index contributed by atoms with van der Waals surface area (Å²) in [6.45, 7) is 15.5. The lowest BCUT2D eigenvalue weighted by Crippen LogP contribution is -2.44. The fourth-order valence-corrected chi connectivity index (χ4v) is 3.38. The molecule has 1 aromatic rings. The first-order chi connectivity index (χ1) is 9.55. The Morgan fingerprint density at radius 1 is 0.900 bits per heavy atom. The Kier molecular flexibility index (Phi) is 10.3. The van der Waals surface area contributed by atoms with Crippen LogP contribution in [-0.4, -0.2) is 28.6 Å². The summed E-state index contributed by atoms with van der Waals surface area (Å²) in [5.41, 5.74) is 4.41. The Bertz CT molecular complexity index is 342. The van der Waals surface area contributed by atoms with Gasteiger partial charge in [0.05, 0.1) is 0 Å². The highest BCUT2D eigenvalue weighted by atomic mass is 28.4. The summed E-state index contributed by atoms with van der Waals surface area (Å²) in [7, 11) is -2.51. The second kappa shape index (κ2) is 10.8. The molecule has 0 N–H and O–H groups in total. The molecule has 0 aliphatic heterocycles. The van der Waals surface area contributed by atoms with E-state index in [-0.39, 0.29) is 0 Å². The second-order valence-electron chi connectivity index (χ2n) is 4.19. The van der Waals surface area contributed by atoms with E-state index in [0.717, 1.165) is 0 Å². The minimum absolute atomic E-state index is 0.595. The lowest BCUT2D eigenvalue weighted by Gasteiger charge is -2.24. The molecule has 0 atom stereocenters. The monoisotopic (exact) mass is 296 g/mol. The van der Waals surface area contributed by atoms with Crippen LogP contribution in [0.4, 0.5) is 0 Å². The molecule has 4 heteroatoms. The quantitative estimate of drug-likeness (QED) is 0.710. The molecule has 0 amide bonds. The molecule has 20 heavy (non-hydrogen) atoms. The summed E-state index contributed by atoms with van der Waals surface area (Å²) < 4.78 is 16.3. The molecule has 114 valence electrons. The Labute approximate surface area is 124 Å². The van der Waals surface area contributed by atoms with Crippen LogP contribution in [0.15, 0.2) is 36.5 Å². The van der Waals surface area contributed by atoms with Crippen molar-refractivity contribution < 1.29 is 13.3 Å². The van der Waals surface area contributed by atoms with Gasteiger partial charge in [0.1, 0.15) is 0 Å². The van der Waals surface area contributed by atoms with Crippen LogP contribution in [-0.2, 0) is 13.3 Å². The van der Waals surface area contributed by atoms with E-state index in [1.807, 2.05) is 20.8 Å². The van der Waals surface area contributed by atoms with E-state index in [2.05, 4.69) is 44.7 Å². The molecule has 0 aliphatic rings. The van der Waals surface area contributed by atoms with E-state index in [0.29, 0.717) is 19.8 Å². The first kappa shape index (κ1) is 19.1. The van der Waals surface area contributed by atoms with Crippen LogP contribution in [0.5, 0.6) is 0 Å². The van der Waals surface area contributed by atoms with E-state index in [4.69, 9.17) is 13.3 Å². The molecule has 0 heterocycles. The smallest absolute Gasteiger partial charge is 0.371 e. The van der Waals surface area contributed by atoms with Gasteiger partial charge in [-0.3, -0.25) is 0 Å².